The molecule has 1 aromatic carbocycles. The van der Waals surface area contributed by atoms with Crippen molar-refractivity contribution in [2.45, 2.75) is 6.42 Å². The lowest BCUT2D eigenvalue weighted by Crippen LogP contribution is -2.15. The molecule has 0 saturated carbocycles. The van der Waals surface area contributed by atoms with E-state index in [9.17, 15) is 0 Å². The van der Waals surface area contributed by atoms with Crippen molar-refractivity contribution in [1.29, 1.82) is 0 Å². The first-order chi connectivity index (χ1) is 8.84. The van der Waals surface area contributed by atoms with E-state index >= 15 is 0 Å². The van der Waals surface area contributed by atoms with Gasteiger partial charge in [-0.3, -0.25) is 0 Å². The molecule has 2 nitrogen and oxygen atoms in total. The highest BCUT2D eigenvalue weighted by molar-refractivity contribution is 9.10. The number of hydrogen-bond acceptors (Lipinski definition) is 2. The molecular weight excluding hydrogens is 292 g/mol. The van der Waals surface area contributed by atoms with Crippen LogP contribution in [0.2, 0.25) is 0 Å². The molecule has 0 radical (unpaired) electrons. The van der Waals surface area contributed by atoms with Crippen molar-refractivity contribution in [3.8, 4) is 11.5 Å². The molecule has 0 amide bonds. The first kappa shape index (κ1) is 11.6. The third-order valence-corrected chi connectivity index (χ3v) is 3.63. The Kier molecular flexibility index (Phi) is 3.24. The Hall–Kier alpha value is -1.48. The van der Waals surface area contributed by atoms with Crippen LogP contribution in [-0.4, -0.2) is 13.2 Å². The molecule has 0 atom stereocenters. The Morgan fingerprint density at radius 3 is 2.56 bits per heavy atom. The van der Waals surface area contributed by atoms with Crippen LogP contribution in [0.4, 0.5) is 0 Å². The lowest BCUT2D eigenvalue weighted by molar-refractivity contribution is 0.171. The highest BCUT2D eigenvalue weighted by Gasteiger charge is 2.16. The quantitative estimate of drug-likeness (QED) is 0.777. The minimum absolute atomic E-state index is 0.618. The fraction of sp³-hybridized carbons (Fsp3) is 0.200. The number of hydrogen-bond donors (Lipinski definition) is 0. The Balaban J connectivity index is 2.04. The summed E-state index contributed by atoms with van der Waals surface area (Å²) in [6, 6.07) is 4.04. The monoisotopic (exact) mass is 304 g/mol. The minimum atomic E-state index is 0.618. The first-order valence-corrected chi connectivity index (χ1v) is 6.76. The molecule has 18 heavy (non-hydrogen) atoms. The van der Waals surface area contributed by atoms with Crippen LogP contribution in [0.1, 0.15) is 12.0 Å². The van der Waals surface area contributed by atoms with Gasteiger partial charge in [-0.15, -0.1) is 0 Å². The summed E-state index contributed by atoms with van der Waals surface area (Å²) < 4.78 is 12.2. The lowest BCUT2D eigenvalue weighted by atomic mass is 10.0. The van der Waals surface area contributed by atoms with Gasteiger partial charge in [0.15, 0.2) is 11.5 Å². The van der Waals surface area contributed by atoms with Crippen LogP contribution >= 0.6 is 15.9 Å². The molecule has 1 aromatic rings. The van der Waals surface area contributed by atoms with Crippen molar-refractivity contribution in [3.05, 3.63) is 52.5 Å². The Bertz CT molecular complexity index is 556. The maximum Gasteiger partial charge on any atom is 0.162 e. The van der Waals surface area contributed by atoms with Crippen molar-refractivity contribution in [2.24, 2.45) is 0 Å². The molecule has 1 aliphatic heterocycles. The predicted octanol–water partition coefficient (Wildman–Crippen LogP) is 4.12. The molecule has 2 aliphatic rings. The zero-order chi connectivity index (χ0) is 12.4. The Labute approximate surface area is 115 Å². The van der Waals surface area contributed by atoms with E-state index in [1.54, 1.807) is 0 Å². The molecule has 0 unspecified atom stereocenters. The summed E-state index contributed by atoms with van der Waals surface area (Å²) >= 11 is 3.61. The minimum Gasteiger partial charge on any atom is -0.486 e. The van der Waals surface area contributed by atoms with Crippen LogP contribution in [-0.2, 0) is 0 Å². The molecule has 0 bridgehead atoms. The summed E-state index contributed by atoms with van der Waals surface area (Å²) in [5.74, 6) is 1.65. The zero-order valence-electron chi connectivity index (χ0n) is 9.86. The highest BCUT2D eigenvalue weighted by atomic mass is 79.9. The number of ether oxygens (including phenoxy) is 2. The van der Waals surface area contributed by atoms with E-state index < -0.39 is 0 Å². The molecule has 3 rings (SSSR count). The van der Waals surface area contributed by atoms with E-state index in [0.717, 1.165) is 28.0 Å². The molecule has 0 fully saturated rings. The van der Waals surface area contributed by atoms with Crippen molar-refractivity contribution in [3.63, 3.8) is 0 Å². The van der Waals surface area contributed by atoms with Gasteiger partial charge in [0, 0.05) is 4.47 Å². The van der Waals surface area contributed by atoms with E-state index in [2.05, 4.69) is 46.3 Å². The fourth-order valence-corrected chi connectivity index (χ4v) is 2.66. The van der Waals surface area contributed by atoms with Crippen LogP contribution in [0.3, 0.4) is 0 Å². The summed E-state index contributed by atoms with van der Waals surface area (Å²) in [7, 11) is 0. The van der Waals surface area contributed by atoms with E-state index in [1.165, 1.54) is 5.57 Å². The molecule has 0 saturated heterocycles. The maximum absolute atomic E-state index is 5.63. The van der Waals surface area contributed by atoms with Crippen molar-refractivity contribution < 1.29 is 9.47 Å². The van der Waals surface area contributed by atoms with Gasteiger partial charge in [0.1, 0.15) is 13.2 Å². The van der Waals surface area contributed by atoms with Crippen LogP contribution < -0.4 is 9.47 Å². The van der Waals surface area contributed by atoms with Gasteiger partial charge in [0.25, 0.3) is 0 Å². The normalized spacial score (nSPS) is 17.3. The van der Waals surface area contributed by atoms with Gasteiger partial charge in [0.05, 0.1) is 0 Å². The Morgan fingerprint density at radius 2 is 1.72 bits per heavy atom. The fourth-order valence-electron chi connectivity index (χ4n) is 2.09. The van der Waals surface area contributed by atoms with Gasteiger partial charge < -0.3 is 9.47 Å². The smallest absolute Gasteiger partial charge is 0.162 e. The third kappa shape index (κ3) is 2.23. The molecule has 1 aliphatic carbocycles. The lowest BCUT2D eigenvalue weighted by Gasteiger charge is -2.20. The van der Waals surface area contributed by atoms with Gasteiger partial charge in [-0.25, -0.2) is 0 Å². The summed E-state index contributed by atoms with van der Waals surface area (Å²) in [5, 5.41) is 0. The van der Waals surface area contributed by atoms with Gasteiger partial charge in [-0.05, 0) is 29.7 Å². The largest absolute Gasteiger partial charge is 0.486 e. The second-order valence-electron chi connectivity index (χ2n) is 4.18. The average Bonchev–Trinajstić information content (AvgIpc) is 2.66. The molecule has 0 aromatic heterocycles. The van der Waals surface area contributed by atoms with Gasteiger partial charge in [-0.1, -0.05) is 46.3 Å². The Morgan fingerprint density at radius 1 is 0.944 bits per heavy atom. The topological polar surface area (TPSA) is 18.5 Å². The van der Waals surface area contributed by atoms with Crippen LogP contribution in [0.25, 0.3) is 5.57 Å². The maximum atomic E-state index is 5.63. The summed E-state index contributed by atoms with van der Waals surface area (Å²) in [5.41, 5.74) is 2.43. The van der Waals surface area contributed by atoms with E-state index in [1.807, 2.05) is 12.1 Å². The molecule has 3 heteroatoms. The van der Waals surface area contributed by atoms with Crippen molar-refractivity contribution in [2.75, 3.05) is 13.2 Å². The second-order valence-corrected chi connectivity index (χ2v) is 5.04. The summed E-state index contributed by atoms with van der Waals surface area (Å²) in [4.78, 5) is 0. The second kappa shape index (κ2) is 5.02. The molecular formula is C15H13BrO2. The predicted molar refractivity (Wildman–Crippen MR) is 76.0 cm³/mol. The van der Waals surface area contributed by atoms with E-state index in [4.69, 9.17) is 9.47 Å². The molecule has 92 valence electrons. The van der Waals surface area contributed by atoms with E-state index in [-0.39, 0.29) is 0 Å². The average molecular weight is 305 g/mol. The number of halogens is 1. The summed E-state index contributed by atoms with van der Waals surface area (Å²) in [6.45, 7) is 1.24. The zero-order valence-corrected chi connectivity index (χ0v) is 11.4. The number of fused-ring (bicyclic) bond motifs is 1. The third-order valence-electron chi connectivity index (χ3n) is 2.97. The van der Waals surface area contributed by atoms with Gasteiger partial charge in [-0.2, -0.15) is 0 Å². The molecule has 0 spiro atoms. The highest BCUT2D eigenvalue weighted by Crippen LogP contribution is 2.39. The SMILES string of the molecule is Brc1cc2c(cc1C1=CC=CC=CC1)OCCO2. The molecule has 1 heterocycles. The van der Waals surface area contributed by atoms with Crippen molar-refractivity contribution >= 4 is 21.5 Å². The number of rotatable bonds is 1. The van der Waals surface area contributed by atoms with Crippen LogP contribution in [0.5, 0.6) is 11.5 Å². The van der Waals surface area contributed by atoms with E-state index in [0.29, 0.717) is 13.2 Å². The van der Waals surface area contributed by atoms with Crippen LogP contribution in [0, 0.1) is 0 Å². The van der Waals surface area contributed by atoms with Crippen LogP contribution in [0.15, 0.2) is 47.0 Å². The summed E-state index contributed by atoms with van der Waals surface area (Å²) in [6.07, 6.45) is 11.4. The molecule has 0 N–H and O–H groups in total. The van der Waals surface area contributed by atoms with Crippen molar-refractivity contribution in [1.82, 2.24) is 0 Å². The van der Waals surface area contributed by atoms with Gasteiger partial charge in [0.2, 0.25) is 0 Å². The number of benzene rings is 1. The first-order valence-electron chi connectivity index (χ1n) is 5.96. The number of allylic oxidation sites excluding steroid dienone is 6. The van der Waals surface area contributed by atoms with Gasteiger partial charge >= 0.3 is 0 Å². The standard InChI is InChI=1S/C15H13BrO2/c16-13-10-15-14(17-7-8-18-15)9-12(13)11-5-3-1-2-4-6-11/h1-5,9-10H,6-8H2.